The van der Waals surface area contributed by atoms with Gasteiger partial charge in [0, 0.05) is 6.54 Å². The molecular weight excluding hydrogens is 244 g/mol. The molecule has 2 N–H and O–H groups in total. The van der Waals surface area contributed by atoms with Crippen LogP contribution in [0.2, 0.25) is 0 Å². The summed E-state index contributed by atoms with van der Waals surface area (Å²) in [6.45, 7) is 11.4. The van der Waals surface area contributed by atoms with Gasteiger partial charge in [-0.25, -0.2) is 0 Å². The van der Waals surface area contributed by atoms with Gasteiger partial charge in [0.25, 0.3) is 0 Å². The number of likely N-dealkylation sites (tertiary alicyclic amines) is 1. The van der Waals surface area contributed by atoms with Crippen LogP contribution in [0.3, 0.4) is 0 Å². The van der Waals surface area contributed by atoms with Crippen LogP contribution in [0.5, 0.6) is 0 Å². The summed E-state index contributed by atoms with van der Waals surface area (Å²) in [5.74, 6) is 0.873. The third-order valence-electron chi connectivity index (χ3n) is 4.74. The summed E-state index contributed by atoms with van der Waals surface area (Å²) in [5.41, 5.74) is 9.07. The minimum absolute atomic E-state index is 0.462. The average Bonchev–Trinajstić information content (AvgIpc) is 2.41. The van der Waals surface area contributed by atoms with Crippen molar-refractivity contribution in [3.8, 4) is 0 Å². The van der Waals surface area contributed by atoms with Gasteiger partial charge in [-0.1, -0.05) is 45.0 Å². The molecule has 1 aliphatic heterocycles. The van der Waals surface area contributed by atoms with Gasteiger partial charge in [-0.05, 0) is 61.4 Å². The van der Waals surface area contributed by atoms with Gasteiger partial charge in [0.2, 0.25) is 0 Å². The van der Waals surface area contributed by atoms with Crippen molar-refractivity contribution in [3.05, 3.63) is 35.4 Å². The van der Waals surface area contributed by atoms with Crippen molar-refractivity contribution in [1.82, 2.24) is 4.90 Å². The molecule has 0 aliphatic carbocycles. The molecule has 2 nitrogen and oxygen atoms in total. The molecule has 1 aromatic carbocycles. The van der Waals surface area contributed by atoms with Gasteiger partial charge in [-0.2, -0.15) is 0 Å². The molecule has 20 heavy (non-hydrogen) atoms. The molecule has 0 atom stereocenters. The molecule has 1 fully saturated rings. The second kappa shape index (κ2) is 6.73. The Morgan fingerprint density at radius 2 is 1.70 bits per heavy atom. The van der Waals surface area contributed by atoms with Crippen molar-refractivity contribution >= 4 is 0 Å². The number of nitrogens with zero attached hydrogens (tertiary/aromatic N) is 1. The van der Waals surface area contributed by atoms with Crippen LogP contribution in [0.15, 0.2) is 24.3 Å². The fourth-order valence-electron chi connectivity index (χ4n) is 3.31. The Labute approximate surface area is 124 Å². The molecule has 0 saturated carbocycles. The first-order valence-electron chi connectivity index (χ1n) is 8.00. The van der Waals surface area contributed by atoms with E-state index in [1.165, 1.54) is 37.1 Å². The molecule has 0 bridgehead atoms. The van der Waals surface area contributed by atoms with Crippen molar-refractivity contribution in [1.29, 1.82) is 0 Å². The fraction of sp³-hybridized carbons (Fsp3) is 0.667. The summed E-state index contributed by atoms with van der Waals surface area (Å²) < 4.78 is 0. The molecule has 0 unspecified atom stereocenters. The molecule has 0 amide bonds. The zero-order valence-electron chi connectivity index (χ0n) is 13.4. The van der Waals surface area contributed by atoms with Gasteiger partial charge < -0.3 is 5.73 Å². The Bertz CT molecular complexity index is 412. The molecule has 1 aliphatic rings. The number of hydrogen-bond donors (Lipinski definition) is 1. The lowest BCUT2D eigenvalue weighted by atomic mass is 9.75. The highest BCUT2D eigenvalue weighted by Gasteiger charge is 2.28. The first-order valence-corrected chi connectivity index (χ1v) is 8.00. The lowest BCUT2D eigenvalue weighted by Gasteiger charge is -2.39. The summed E-state index contributed by atoms with van der Waals surface area (Å²) >= 11 is 0. The molecule has 1 heterocycles. The van der Waals surface area contributed by atoms with E-state index in [1.54, 1.807) is 0 Å². The Morgan fingerprint density at radius 3 is 2.25 bits per heavy atom. The van der Waals surface area contributed by atoms with E-state index in [-0.39, 0.29) is 0 Å². The first-order chi connectivity index (χ1) is 9.50. The average molecular weight is 274 g/mol. The maximum Gasteiger partial charge on any atom is 0.0236 e. The molecule has 2 rings (SSSR count). The molecule has 0 spiro atoms. The van der Waals surface area contributed by atoms with Gasteiger partial charge in [0.1, 0.15) is 0 Å². The van der Waals surface area contributed by atoms with Crippen LogP contribution in [0, 0.1) is 11.3 Å². The molecule has 1 aromatic rings. The van der Waals surface area contributed by atoms with Crippen LogP contribution in [0.25, 0.3) is 0 Å². The number of nitrogens with two attached hydrogens (primary N) is 1. The summed E-state index contributed by atoms with van der Waals surface area (Å²) in [6, 6.07) is 8.77. The van der Waals surface area contributed by atoms with Crippen molar-refractivity contribution in [2.45, 2.75) is 46.6 Å². The normalized spacial score (nSPS) is 18.4. The summed E-state index contributed by atoms with van der Waals surface area (Å²) in [4.78, 5) is 2.61. The fourth-order valence-corrected chi connectivity index (χ4v) is 3.31. The van der Waals surface area contributed by atoms with Gasteiger partial charge in [-0.3, -0.25) is 4.90 Å². The van der Waals surface area contributed by atoms with Gasteiger partial charge in [-0.15, -0.1) is 0 Å². The Hall–Kier alpha value is -0.860. The smallest absolute Gasteiger partial charge is 0.0236 e. The van der Waals surface area contributed by atoms with Gasteiger partial charge in [0.15, 0.2) is 0 Å². The summed E-state index contributed by atoms with van der Waals surface area (Å²) in [6.07, 6.45) is 3.67. The maximum atomic E-state index is 5.72. The first kappa shape index (κ1) is 15.5. The van der Waals surface area contributed by atoms with Crippen LogP contribution in [-0.2, 0) is 13.0 Å². The van der Waals surface area contributed by atoms with E-state index >= 15 is 0 Å². The topological polar surface area (TPSA) is 29.3 Å². The third kappa shape index (κ3) is 4.07. The SMILES string of the molecule is CC(C)(C)C1CCN(Cc2ccccc2CCN)CC1. The van der Waals surface area contributed by atoms with Crippen LogP contribution in [0.4, 0.5) is 0 Å². The predicted octanol–water partition coefficient (Wildman–Crippen LogP) is 3.45. The van der Waals surface area contributed by atoms with Crippen LogP contribution < -0.4 is 5.73 Å². The molecular formula is C18H30N2. The summed E-state index contributed by atoms with van der Waals surface area (Å²) in [7, 11) is 0. The monoisotopic (exact) mass is 274 g/mol. The number of piperidine rings is 1. The van der Waals surface area contributed by atoms with Gasteiger partial charge in [0.05, 0.1) is 0 Å². The highest BCUT2D eigenvalue weighted by molar-refractivity contribution is 5.27. The Kier molecular flexibility index (Phi) is 5.22. The van der Waals surface area contributed by atoms with E-state index in [0.29, 0.717) is 5.41 Å². The van der Waals surface area contributed by atoms with E-state index in [4.69, 9.17) is 5.73 Å². The van der Waals surface area contributed by atoms with E-state index < -0.39 is 0 Å². The number of hydrogen-bond acceptors (Lipinski definition) is 2. The van der Waals surface area contributed by atoms with Crippen molar-refractivity contribution in [2.24, 2.45) is 17.1 Å². The molecule has 112 valence electrons. The lowest BCUT2D eigenvalue weighted by Crippen LogP contribution is -2.37. The second-order valence-electron chi connectivity index (χ2n) is 7.22. The maximum absolute atomic E-state index is 5.72. The molecule has 1 saturated heterocycles. The lowest BCUT2D eigenvalue weighted by molar-refractivity contribution is 0.108. The zero-order valence-corrected chi connectivity index (χ0v) is 13.4. The standard InChI is InChI=1S/C18H30N2/c1-18(2,3)17-9-12-20(13-10-17)14-16-7-5-4-6-15(16)8-11-19/h4-7,17H,8-14,19H2,1-3H3. The highest BCUT2D eigenvalue weighted by atomic mass is 15.1. The quantitative estimate of drug-likeness (QED) is 0.911. The van der Waals surface area contributed by atoms with Crippen LogP contribution >= 0.6 is 0 Å². The van der Waals surface area contributed by atoms with Crippen molar-refractivity contribution in [3.63, 3.8) is 0 Å². The largest absolute Gasteiger partial charge is 0.330 e. The van der Waals surface area contributed by atoms with Crippen LogP contribution in [0.1, 0.15) is 44.7 Å². The summed E-state index contributed by atoms with van der Waals surface area (Å²) in [5, 5.41) is 0. The molecule has 2 heteroatoms. The Balaban J connectivity index is 1.93. The van der Waals surface area contributed by atoms with E-state index in [0.717, 1.165) is 25.4 Å². The zero-order chi connectivity index (χ0) is 14.6. The second-order valence-corrected chi connectivity index (χ2v) is 7.22. The van der Waals surface area contributed by atoms with E-state index in [2.05, 4.69) is 49.9 Å². The highest BCUT2D eigenvalue weighted by Crippen LogP contribution is 2.34. The van der Waals surface area contributed by atoms with Crippen molar-refractivity contribution < 1.29 is 0 Å². The van der Waals surface area contributed by atoms with Crippen molar-refractivity contribution in [2.75, 3.05) is 19.6 Å². The number of rotatable bonds is 4. The van der Waals surface area contributed by atoms with E-state index in [1.807, 2.05) is 0 Å². The number of benzene rings is 1. The minimum atomic E-state index is 0.462. The molecule has 0 radical (unpaired) electrons. The molecule has 0 aromatic heterocycles. The third-order valence-corrected chi connectivity index (χ3v) is 4.74. The Morgan fingerprint density at radius 1 is 1.10 bits per heavy atom. The van der Waals surface area contributed by atoms with Crippen LogP contribution in [-0.4, -0.2) is 24.5 Å². The van der Waals surface area contributed by atoms with E-state index in [9.17, 15) is 0 Å². The minimum Gasteiger partial charge on any atom is -0.330 e. The predicted molar refractivity (Wildman–Crippen MR) is 86.7 cm³/mol. The van der Waals surface area contributed by atoms with Gasteiger partial charge >= 0.3 is 0 Å².